The summed E-state index contributed by atoms with van der Waals surface area (Å²) in [4.78, 5) is -0.0496. The molecule has 0 amide bonds. The van der Waals surface area contributed by atoms with Gasteiger partial charge in [0.25, 0.3) is 10.0 Å². The van der Waals surface area contributed by atoms with Crippen molar-refractivity contribution in [3.63, 3.8) is 0 Å². The lowest BCUT2D eigenvalue weighted by atomic mass is 9.85. The van der Waals surface area contributed by atoms with Gasteiger partial charge in [-0.25, -0.2) is 13.1 Å². The van der Waals surface area contributed by atoms with E-state index in [-0.39, 0.29) is 28.9 Å². The quantitative estimate of drug-likeness (QED) is 0.442. The first kappa shape index (κ1) is 22.8. The second-order valence-electron chi connectivity index (χ2n) is 7.72. The molecule has 0 bridgehead atoms. The van der Waals surface area contributed by atoms with Crippen molar-refractivity contribution in [2.24, 2.45) is 0 Å². The van der Waals surface area contributed by atoms with E-state index in [4.69, 9.17) is 4.74 Å². The second kappa shape index (κ2) is 8.65. The summed E-state index contributed by atoms with van der Waals surface area (Å²) < 4.78 is 75.2. The Labute approximate surface area is 197 Å². The molecule has 2 aromatic heterocycles. The number of sulfonamides is 1. The van der Waals surface area contributed by atoms with E-state index in [1.54, 1.807) is 12.1 Å². The van der Waals surface area contributed by atoms with Crippen LogP contribution < -0.4 is 9.46 Å². The molecule has 1 aliphatic heterocycles. The number of benzene rings is 2. The highest BCUT2D eigenvalue weighted by atomic mass is 32.2. The van der Waals surface area contributed by atoms with E-state index >= 15 is 0 Å². The topological polar surface area (TPSA) is 112 Å². The van der Waals surface area contributed by atoms with E-state index < -0.39 is 21.8 Å². The molecule has 0 radical (unpaired) electrons. The van der Waals surface area contributed by atoms with Gasteiger partial charge in [-0.05, 0) is 42.3 Å². The number of halogens is 3. The smallest absolute Gasteiger partial charge is 0.416 e. The number of alkyl halides is 3. The summed E-state index contributed by atoms with van der Waals surface area (Å²) in [7, 11) is -3.97. The van der Waals surface area contributed by atoms with E-state index in [1.807, 2.05) is 0 Å². The minimum absolute atomic E-state index is 0.0496. The largest absolute Gasteiger partial charge is 0.493 e. The van der Waals surface area contributed by atoms with Gasteiger partial charge in [0, 0.05) is 23.7 Å². The normalized spacial score (nSPS) is 15.8. The molecule has 5 rings (SSSR count). The summed E-state index contributed by atoms with van der Waals surface area (Å²) in [5.41, 5.74) is 0.656. The van der Waals surface area contributed by atoms with Crippen LogP contribution in [0.1, 0.15) is 29.0 Å². The first-order valence-corrected chi connectivity index (χ1v) is 11.9. The number of hydrogen-bond donors (Lipinski definition) is 1. The number of hydrogen-bond acceptors (Lipinski definition) is 7. The molecule has 0 aliphatic carbocycles. The van der Waals surface area contributed by atoms with Crippen LogP contribution in [0.3, 0.4) is 0 Å². The zero-order chi connectivity index (χ0) is 24.6. The minimum atomic E-state index is -4.53. The molecule has 35 heavy (non-hydrogen) atoms. The second-order valence-corrected chi connectivity index (χ2v) is 9.41. The lowest BCUT2D eigenvalue weighted by Crippen LogP contribution is -2.19. The summed E-state index contributed by atoms with van der Waals surface area (Å²) in [5, 5.41) is 15.0. The third-order valence-corrected chi connectivity index (χ3v) is 6.90. The van der Waals surface area contributed by atoms with Crippen molar-refractivity contribution in [2.45, 2.75) is 23.4 Å². The Morgan fingerprint density at radius 3 is 2.57 bits per heavy atom. The molecule has 180 valence electrons. The number of nitrogens with one attached hydrogen (secondary N) is 1. The molecular weight excluding hydrogens is 485 g/mol. The summed E-state index contributed by atoms with van der Waals surface area (Å²) >= 11 is 0. The Hall–Kier alpha value is -4.00. The number of ether oxygens (including phenoxy) is 1. The molecule has 0 saturated heterocycles. The van der Waals surface area contributed by atoms with E-state index in [1.165, 1.54) is 47.5 Å². The van der Waals surface area contributed by atoms with Gasteiger partial charge in [-0.2, -0.15) is 18.3 Å². The van der Waals surface area contributed by atoms with Gasteiger partial charge in [0.2, 0.25) is 0 Å². The van der Waals surface area contributed by atoms with E-state index in [0.717, 1.165) is 12.1 Å². The van der Waals surface area contributed by atoms with Crippen molar-refractivity contribution in [1.29, 1.82) is 0 Å². The van der Waals surface area contributed by atoms with Gasteiger partial charge < -0.3 is 4.74 Å². The fourth-order valence-electron chi connectivity index (χ4n) is 3.96. The van der Waals surface area contributed by atoms with Crippen molar-refractivity contribution >= 4 is 15.8 Å². The van der Waals surface area contributed by atoms with Gasteiger partial charge in [0.05, 0.1) is 35.1 Å². The maximum atomic E-state index is 13.4. The molecule has 1 N–H and O–H groups in total. The SMILES string of the molecule is O=S(=O)(Nc1cccnn1)c1ccc2c(c1)OCC[C@H]2c1ccc(C(F)(F)F)cc1-n1ccnn1. The standard InChI is InChI=1S/C22H17F3N6O3S/c23-22(24,25)14-3-5-17(19(12-14)31-10-9-27-30-31)16-7-11-34-20-13-15(4-6-18(16)20)35(32,33)29-21-2-1-8-26-28-21/h1-6,8-10,12-13,16H,7,11H2,(H,28,29)/t16-/m0/s1. The Morgan fingerprint density at radius 2 is 1.86 bits per heavy atom. The molecule has 0 saturated carbocycles. The molecule has 2 aromatic carbocycles. The molecule has 3 heterocycles. The molecule has 9 nitrogen and oxygen atoms in total. The van der Waals surface area contributed by atoms with Crippen molar-refractivity contribution in [3.8, 4) is 11.4 Å². The van der Waals surface area contributed by atoms with Gasteiger partial charge in [-0.3, -0.25) is 4.72 Å². The highest BCUT2D eigenvalue weighted by Crippen LogP contribution is 2.42. The number of nitrogens with zero attached hydrogens (tertiary/aromatic N) is 5. The number of aromatic nitrogens is 5. The molecular formula is C22H17F3N6O3S. The maximum absolute atomic E-state index is 13.4. The zero-order valence-corrected chi connectivity index (χ0v) is 18.7. The Bertz CT molecular complexity index is 1460. The molecule has 0 fully saturated rings. The average Bonchev–Trinajstić information content (AvgIpc) is 3.38. The van der Waals surface area contributed by atoms with Gasteiger partial charge in [0.1, 0.15) is 5.75 Å². The van der Waals surface area contributed by atoms with E-state index in [9.17, 15) is 21.6 Å². The van der Waals surface area contributed by atoms with Crippen LogP contribution >= 0.6 is 0 Å². The van der Waals surface area contributed by atoms with E-state index in [2.05, 4.69) is 25.2 Å². The highest BCUT2D eigenvalue weighted by Gasteiger charge is 2.33. The monoisotopic (exact) mass is 502 g/mol. The number of anilines is 1. The zero-order valence-electron chi connectivity index (χ0n) is 17.8. The third kappa shape index (κ3) is 4.54. The summed E-state index contributed by atoms with van der Waals surface area (Å²) in [6, 6.07) is 10.9. The van der Waals surface area contributed by atoms with Gasteiger partial charge in [-0.1, -0.05) is 17.3 Å². The lowest BCUT2D eigenvalue weighted by Gasteiger charge is -2.28. The Morgan fingerprint density at radius 1 is 1.03 bits per heavy atom. The number of fused-ring (bicyclic) bond motifs is 1. The Kier molecular flexibility index (Phi) is 5.63. The van der Waals surface area contributed by atoms with Crippen molar-refractivity contribution in [1.82, 2.24) is 25.2 Å². The molecule has 1 atom stereocenters. The first-order valence-electron chi connectivity index (χ1n) is 10.4. The molecule has 13 heteroatoms. The number of rotatable bonds is 5. The molecule has 0 spiro atoms. The summed E-state index contributed by atoms with van der Waals surface area (Å²) in [6.07, 6.45) is 0.209. The van der Waals surface area contributed by atoms with Crippen LogP contribution in [0.25, 0.3) is 5.69 Å². The predicted molar refractivity (Wildman–Crippen MR) is 118 cm³/mol. The van der Waals surface area contributed by atoms with E-state index in [0.29, 0.717) is 23.3 Å². The highest BCUT2D eigenvalue weighted by molar-refractivity contribution is 7.92. The molecule has 0 unspecified atom stereocenters. The fourth-order valence-corrected chi connectivity index (χ4v) is 4.97. The van der Waals surface area contributed by atoms with Crippen LogP contribution in [0.5, 0.6) is 5.75 Å². The van der Waals surface area contributed by atoms with Crippen LogP contribution in [-0.2, 0) is 16.2 Å². The lowest BCUT2D eigenvalue weighted by molar-refractivity contribution is -0.137. The van der Waals surface area contributed by atoms with Crippen molar-refractivity contribution < 1.29 is 26.3 Å². The van der Waals surface area contributed by atoms with Crippen molar-refractivity contribution in [3.05, 3.63) is 83.8 Å². The van der Waals surface area contributed by atoms with Crippen LogP contribution in [0.15, 0.2) is 72.0 Å². The molecule has 1 aliphatic rings. The van der Waals surface area contributed by atoms with Gasteiger partial charge in [-0.15, -0.1) is 10.2 Å². The van der Waals surface area contributed by atoms with Crippen LogP contribution in [0, 0.1) is 0 Å². The summed E-state index contributed by atoms with van der Waals surface area (Å²) in [5.74, 6) is 0.0314. The van der Waals surface area contributed by atoms with Crippen LogP contribution in [0.4, 0.5) is 19.0 Å². The first-order chi connectivity index (χ1) is 16.7. The molecule has 4 aromatic rings. The predicted octanol–water partition coefficient (Wildman–Crippen LogP) is 3.79. The van der Waals surface area contributed by atoms with Crippen LogP contribution in [-0.4, -0.2) is 40.2 Å². The van der Waals surface area contributed by atoms with Crippen LogP contribution in [0.2, 0.25) is 0 Å². The average molecular weight is 502 g/mol. The van der Waals surface area contributed by atoms with Gasteiger partial charge >= 0.3 is 6.18 Å². The fraction of sp³-hybridized carbons (Fsp3) is 0.182. The maximum Gasteiger partial charge on any atom is 0.416 e. The van der Waals surface area contributed by atoms with Gasteiger partial charge in [0.15, 0.2) is 5.82 Å². The third-order valence-electron chi connectivity index (χ3n) is 5.55. The Balaban J connectivity index is 1.54. The van der Waals surface area contributed by atoms with Crippen molar-refractivity contribution in [2.75, 3.05) is 11.3 Å². The minimum Gasteiger partial charge on any atom is -0.493 e. The summed E-state index contributed by atoms with van der Waals surface area (Å²) in [6.45, 7) is 0.247.